The molecule has 0 aliphatic heterocycles. The van der Waals surface area contributed by atoms with E-state index in [9.17, 15) is 9.59 Å². The summed E-state index contributed by atoms with van der Waals surface area (Å²) >= 11 is 0. The van der Waals surface area contributed by atoms with Crippen LogP contribution < -0.4 is 11.1 Å². The van der Waals surface area contributed by atoms with Crippen LogP contribution in [0.25, 0.3) is 0 Å². The highest BCUT2D eigenvalue weighted by Gasteiger charge is 2.11. The number of hydrogen-bond donors (Lipinski definition) is 3. The normalized spacial score (nSPS) is 13.4. The van der Waals surface area contributed by atoms with E-state index in [0.29, 0.717) is 25.7 Å². The predicted molar refractivity (Wildman–Crippen MR) is 81.7 cm³/mol. The van der Waals surface area contributed by atoms with Gasteiger partial charge in [0, 0.05) is 24.9 Å². The van der Waals surface area contributed by atoms with Crippen LogP contribution in [-0.2, 0) is 9.59 Å². The Morgan fingerprint density at radius 3 is 2.48 bits per heavy atom. The molecule has 1 rings (SSSR count). The lowest BCUT2D eigenvalue weighted by atomic mass is 10.0. The van der Waals surface area contributed by atoms with Crippen molar-refractivity contribution in [3.63, 3.8) is 0 Å². The standard InChI is InChI=1S/C16H24N2O3/c1-12(6-5-9-16(20)21)18-15(19)11-10-14(17)13-7-3-2-4-8-13/h2-4,7-8,12,14H,5-6,9-11,17H2,1H3,(H,18,19)(H,20,21). The minimum Gasteiger partial charge on any atom is -0.481 e. The van der Waals surface area contributed by atoms with Crippen molar-refractivity contribution in [1.82, 2.24) is 5.32 Å². The molecular formula is C16H24N2O3. The van der Waals surface area contributed by atoms with Crippen molar-refractivity contribution < 1.29 is 14.7 Å². The Morgan fingerprint density at radius 1 is 1.19 bits per heavy atom. The second-order valence-electron chi connectivity index (χ2n) is 5.31. The molecule has 5 nitrogen and oxygen atoms in total. The number of carboxylic acid groups (broad SMARTS) is 1. The highest BCUT2D eigenvalue weighted by atomic mass is 16.4. The molecule has 21 heavy (non-hydrogen) atoms. The molecule has 5 heteroatoms. The highest BCUT2D eigenvalue weighted by molar-refractivity contribution is 5.76. The molecule has 0 aliphatic carbocycles. The van der Waals surface area contributed by atoms with Crippen LogP contribution in [0.3, 0.4) is 0 Å². The molecule has 0 bridgehead atoms. The molecule has 1 aromatic rings. The molecule has 0 spiro atoms. The van der Waals surface area contributed by atoms with Gasteiger partial charge < -0.3 is 16.2 Å². The van der Waals surface area contributed by atoms with Crippen molar-refractivity contribution in [3.05, 3.63) is 35.9 Å². The smallest absolute Gasteiger partial charge is 0.303 e. The summed E-state index contributed by atoms with van der Waals surface area (Å²) in [5.74, 6) is -0.841. The van der Waals surface area contributed by atoms with Gasteiger partial charge in [0.1, 0.15) is 0 Å². The molecule has 4 N–H and O–H groups in total. The Balaban J connectivity index is 2.23. The van der Waals surface area contributed by atoms with Gasteiger partial charge in [0.25, 0.3) is 0 Å². The lowest BCUT2D eigenvalue weighted by Gasteiger charge is -2.15. The van der Waals surface area contributed by atoms with E-state index < -0.39 is 5.97 Å². The number of nitrogens with one attached hydrogen (secondary N) is 1. The van der Waals surface area contributed by atoms with Gasteiger partial charge in [-0.05, 0) is 31.7 Å². The summed E-state index contributed by atoms with van der Waals surface area (Å²) in [6.07, 6.45) is 2.35. The molecule has 0 saturated carbocycles. The van der Waals surface area contributed by atoms with E-state index in [1.54, 1.807) is 0 Å². The first-order valence-corrected chi connectivity index (χ1v) is 7.30. The first-order chi connectivity index (χ1) is 9.99. The number of benzene rings is 1. The fourth-order valence-electron chi connectivity index (χ4n) is 2.13. The van der Waals surface area contributed by atoms with Crippen LogP contribution in [0.5, 0.6) is 0 Å². The number of carbonyl (C=O) groups excluding carboxylic acids is 1. The lowest BCUT2D eigenvalue weighted by molar-refractivity contribution is -0.137. The van der Waals surface area contributed by atoms with Gasteiger partial charge in [-0.15, -0.1) is 0 Å². The van der Waals surface area contributed by atoms with Gasteiger partial charge in [0.05, 0.1) is 0 Å². The quantitative estimate of drug-likeness (QED) is 0.650. The summed E-state index contributed by atoms with van der Waals surface area (Å²) in [4.78, 5) is 22.2. The van der Waals surface area contributed by atoms with Gasteiger partial charge in [0.2, 0.25) is 5.91 Å². The maximum atomic E-state index is 11.8. The van der Waals surface area contributed by atoms with E-state index in [4.69, 9.17) is 10.8 Å². The number of rotatable bonds is 9. The average Bonchev–Trinajstić information content (AvgIpc) is 2.45. The van der Waals surface area contributed by atoms with Crippen LogP contribution in [0.4, 0.5) is 0 Å². The maximum Gasteiger partial charge on any atom is 0.303 e. The summed E-state index contributed by atoms with van der Waals surface area (Å²) in [6, 6.07) is 9.55. The summed E-state index contributed by atoms with van der Waals surface area (Å²) in [5.41, 5.74) is 7.07. The largest absolute Gasteiger partial charge is 0.481 e. The Bertz CT molecular complexity index is 448. The van der Waals surface area contributed by atoms with Gasteiger partial charge in [-0.25, -0.2) is 0 Å². The van der Waals surface area contributed by atoms with Crippen LogP contribution in [0.1, 0.15) is 50.6 Å². The van der Waals surface area contributed by atoms with Crippen molar-refractivity contribution in [2.45, 2.75) is 51.1 Å². The molecular weight excluding hydrogens is 268 g/mol. The number of carboxylic acids is 1. The summed E-state index contributed by atoms with van der Waals surface area (Å²) in [7, 11) is 0. The third-order valence-electron chi connectivity index (χ3n) is 3.35. The molecule has 0 radical (unpaired) electrons. The molecule has 2 unspecified atom stereocenters. The zero-order valence-corrected chi connectivity index (χ0v) is 12.4. The van der Waals surface area contributed by atoms with Crippen LogP contribution in [0.15, 0.2) is 30.3 Å². The zero-order chi connectivity index (χ0) is 15.7. The first-order valence-electron chi connectivity index (χ1n) is 7.30. The van der Waals surface area contributed by atoms with Crippen LogP contribution in [0, 0.1) is 0 Å². The fourth-order valence-corrected chi connectivity index (χ4v) is 2.13. The minimum atomic E-state index is -0.803. The highest BCUT2D eigenvalue weighted by Crippen LogP contribution is 2.15. The Labute approximate surface area is 125 Å². The molecule has 0 heterocycles. The van der Waals surface area contributed by atoms with Crippen LogP contribution >= 0.6 is 0 Å². The average molecular weight is 292 g/mol. The SMILES string of the molecule is CC(CCCC(=O)O)NC(=O)CCC(N)c1ccccc1. The molecule has 0 aromatic heterocycles. The first kappa shape index (κ1) is 17.2. The number of aliphatic carboxylic acids is 1. The van der Waals surface area contributed by atoms with Crippen molar-refractivity contribution in [3.8, 4) is 0 Å². The molecule has 1 amide bonds. The monoisotopic (exact) mass is 292 g/mol. The lowest BCUT2D eigenvalue weighted by Crippen LogP contribution is -2.33. The number of amides is 1. The Kier molecular flexibility index (Phi) is 7.46. The topological polar surface area (TPSA) is 92.4 Å². The van der Waals surface area contributed by atoms with Gasteiger partial charge in [0.15, 0.2) is 0 Å². The van der Waals surface area contributed by atoms with E-state index in [1.807, 2.05) is 37.3 Å². The maximum absolute atomic E-state index is 11.8. The third-order valence-corrected chi connectivity index (χ3v) is 3.35. The molecule has 1 aromatic carbocycles. The molecule has 2 atom stereocenters. The van der Waals surface area contributed by atoms with Crippen molar-refractivity contribution in [2.24, 2.45) is 5.73 Å². The van der Waals surface area contributed by atoms with E-state index in [0.717, 1.165) is 5.56 Å². The zero-order valence-electron chi connectivity index (χ0n) is 12.4. The van der Waals surface area contributed by atoms with E-state index in [-0.39, 0.29) is 24.4 Å². The van der Waals surface area contributed by atoms with Gasteiger partial charge >= 0.3 is 5.97 Å². The molecule has 0 saturated heterocycles. The summed E-state index contributed by atoms with van der Waals surface area (Å²) in [6.45, 7) is 1.89. The molecule has 0 aliphatic rings. The fraction of sp³-hybridized carbons (Fsp3) is 0.500. The van der Waals surface area contributed by atoms with E-state index in [1.165, 1.54) is 0 Å². The number of carbonyl (C=O) groups is 2. The van der Waals surface area contributed by atoms with E-state index >= 15 is 0 Å². The van der Waals surface area contributed by atoms with Crippen molar-refractivity contribution in [1.29, 1.82) is 0 Å². The minimum absolute atomic E-state index is 0.00944. The third kappa shape index (κ3) is 7.46. The summed E-state index contributed by atoms with van der Waals surface area (Å²) < 4.78 is 0. The summed E-state index contributed by atoms with van der Waals surface area (Å²) in [5, 5.41) is 11.4. The van der Waals surface area contributed by atoms with Gasteiger partial charge in [-0.1, -0.05) is 30.3 Å². The second-order valence-corrected chi connectivity index (χ2v) is 5.31. The molecule has 116 valence electrons. The van der Waals surface area contributed by atoms with E-state index in [2.05, 4.69) is 5.32 Å². The Morgan fingerprint density at radius 2 is 1.86 bits per heavy atom. The van der Waals surface area contributed by atoms with Crippen molar-refractivity contribution >= 4 is 11.9 Å². The number of nitrogens with two attached hydrogens (primary N) is 1. The van der Waals surface area contributed by atoms with Gasteiger partial charge in [-0.3, -0.25) is 9.59 Å². The predicted octanol–water partition coefficient (Wildman–Crippen LogP) is 2.23. The second kappa shape index (κ2) is 9.13. The van der Waals surface area contributed by atoms with Crippen LogP contribution in [-0.4, -0.2) is 23.0 Å². The van der Waals surface area contributed by atoms with Crippen molar-refractivity contribution in [2.75, 3.05) is 0 Å². The Hall–Kier alpha value is -1.88. The van der Waals surface area contributed by atoms with Gasteiger partial charge in [-0.2, -0.15) is 0 Å². The molecule has 0 fully saturated rings. The van der Waals surface area contributed by atoms with Crippen LogP contribution in [0.2, 0.25) is 0 Å². The number of hydrogen-bond acceptors (Lipinski definition) is 3.